The van der Waals surface area contributed by atoms with Crippen molar-refractivity contribution in [1.82, 2.24) is 14.5 Å². The number of hydrogen-bond donors (Lipinski definition) is 1. The Bertz CT molecular complexity index is 1210. The average Bonchev–Trinajstić information content (AvgIpc) is 3.10. The lowest BCUT2D eigenvalue weighted by molar-refractivity contribution is 0.0525. The highest BCUT2D eigenvalue weighted by Gasteiger charge is 2.23. The van der Waals surface area contributed by atoms with Gasteiger partial charge in [-0.3, -0.25) is 14.2 Å². The largest absolute Gasteiger partial charge is 0.462 e. The molecule has 0 unspecified atom stereocenters. The van der Waals surface area contributed by atoms with Crippen LogP contribution in [0.1, 0.15) is 52.4 Å². The van der Waals surface area contributed by atoms with Gasteiger partial charge >= 0.3 is 5.97 Å². The molecule has 0 aliphatic rings. The fraction of sp³-hybridized carbons (Fsp3) is 0.417. The minimum absolute atomic E-state index is 0.0687. The molecule has 0 bridgehead atoms. The fourth-order valence-corrected chi connectivity index (χ4v) is 4.56. The Kier molecular flexibility index (Phi) is 8.46. The van der Waals surface area contributed by atoms with Gasteiger partial charge in [-0.25, -0.2) is 9.78 Å². The smallest absolute Gasteiger partial charge is 0.340 e. The van der Waals surface area contributed by atoms with E-state index >= 15 is 0 Å². The molecule has 0 radical (unpaired) electrons. The lowest BCUT2D eigenvalue weighted by Crippen LogP contribution is -2.24. The number of carbonyl (C=O) groups excluding carboxylic acids is 2. The number of aromatic amines is 1. The quantitative estimate of drug-likeness (QED) is 0.149. The van der Waals surface area contributed by atoms with Gasteiger partial charge in [-0.2, -0.15) is 0 Å². The fourth-order valence-electron chi connectivity index (χ4n) is 3.66. The Hall–Kier alpha value is -2.91. The molecular weight excluding hydrogens is 442 g/mol. The van der Waals surface area contributed by atoms with Crippen LogP contribution in [0.15, 0.2) is 34.2 Å². The first-order valence-corrected chi connectivity index (χ1v) is 12.0. The van der Waals surface area contributed by atoms with Gasteiger partial charge in [-0.1, -0.05) is 23.9 Å². The zero-order valence-electron chi connectivity index (χ0n) is 19.4. The summed E-state index contributed by atoms with van der Waals surface area (Å²) in [6.45, 7) is 8.99. The number of thioether (sulfide) groups is 1. The molecule has 1 N–H and O–H groups in total. The van der Waals surface area contributed by atoms with Crippen LogP contribution >= 0.6 is 11.8 Å². The van der Waals surface area contributed by atoms with Crippen LogP contribution in [0, 0.1) is 13.8 Å². The van der Waals surface area contributed by atoms with Crippen molar-refractivity contribution in [3.8, 4) is 0 Å². The lowest BCUT2D eigenvalue weighted by Gasteiger charge is -2.13. The van der Waals surface area contributed by atoms with E-state index in [0.717, 1.165) is 0 Å². The molecule has 2 aromatic heterocycles. The molecule has 0 atom stereocenters. The lowest BCUT2D eigenvalue weighted by atomic mass is 10.1. The summed E-state index contributed by atoms with van der Waals surface area (Å²) in [4.78, 5) is 46.0. The van der Waals surface area contributed by atoms with Crippen molar-refractivity contribution in [1.29, 1.82) is 0 Å². The average molecular weight is 472 g/mol. The van der Waals surface area contributed by atoms with Crippen molar-refractivity contribution in [3.63, 3.8) is 0 Å². The maximum absolute atomic E-state index is 13.1. The minimum atomic E-state index is -0.449. The Balaban J connectivity index is 1.86. The number of benzene rings is 1. The molecule has 9 heteroatoms. The molecular formula is C24H29N3O5S. The molecule has 0 fully saturated rings. The highest BCUT2D eigenvalue weighted by atomic mass is 32.2. The number of esters is 1. The van der Waals surface area contributed by atoms with E-state index in [1.54, 1.807) is 37.5 Å². The first-order chi connectivity index (χ1) is 15.9. The maximum atomic E-state index is 13.1. The van der Waals surface area contributed by atoms with Gasteiger partial charge in [0.2, 0.25) is 0 Å². The molecule has 1 aromatic carbocycles. The van der Waals surface area contributed by atoms with Gasteiger partial charge in [0.25, 0.3) is 5.56 Å². The summed E-state index contributed by atoms with van der Waals surface area (Å²) in [5, 5.41) is 1.02. The number of ketones is 1. The molecule has 0 aliphatic carbocycles. The summed E-state index contributed by atoms with van der Waals surface area (Å²) < 4.78 is 12.1. The number of Topliss-reactive ketones (excluding diaryl/α,β-unsaturated/α-hetero) is 1. The summed E-state index contributed by atoms with van der Waals surface area (Å²) in [7, 11) is 0. The molecule has 0 aliphatic heterocycles. The molecule has 3 aromatic rings. The van der Waals surface area contributed by atoms with E-state index in [9.17, 15) is 14.4 Å². The van der Waals surface area contributed by atoms with Crippen molar-refractivity contribution in [3.05, 3.63) is 57.1 Å². The van der Waals surface area contributed by atoms with Gasteiger partial charge < -0.3 is 14.5 Å². The third-order valence-electron chi connectivity index (χ3n) is 5.23. The standard InChI is InChI=1S/C24H29N3O5S/c1-5-31-13-9-12-27-22(29)17-10-7-8-11-18(17)26-24(27)33-14-19(28)21-15(3)20(16(4)25-21)23(30)32-6-2/h7-8,10-11,25H,5-6,9,12-14H2,1-4H3. The minimum Gasteiger partial charge on any atom is -0.462 e. The van der Waals surface area contributed by atoms with Gasteiger partial charge in [0.1, 0.15) is 0 Å². The first kappa shape index (κ1) is 24.7. The highest BCUT2D eigenvalue weighted by molar-refractivity contribution is 7.99. The molecule has 2 heterocycles. The Morgan fingerprint density at radius 1 is 1.15 bits per heavy atom. The second-order valence-electron chi connectivity index (χ2n) is 7.48. The Labute approximate surface area is 196 Å². The number of para-hydroxylation sites is 1. The number of hydrogen-bond acceptors (Lipinski definition) is 7. The van der Waals surface area contributed by atoms with Crippen molar-refractivity contribution in [2.75, 3.05) is 25.6 Å². The molecule has 8 nitrogen and oxygen atoms in total. The summed E-state index contributed by atoms with van der Waals surface area (Å²) >= 11 is 1.21. The number of aryl methyl sites for hydroxylation is 1. The van der Waals surface area contributed by atoms with E-state index in [4.69, 9.17) is 9.47 Å². The van der Waals surface area contributed by atoms with Gasteiger partial charge in [-0.15, -0.1) is 0 Å². The molecule has 33 heavy (non-hydrogen) atoms. The van der Waals surface area contributed by atoms with Crippen LogP contribution in [-0.2, 0) is 16.0 Å². The zero-order valence-corrected chi connectivity index (χ0v) is 20.2. The number of fused-ring (bicyclic) bond motifs is 1. The van der Waals surface area contributed by atoms with Gasteiger partial charge in [0, 0.05) is 25.5 Å². The molecule has 176 valence electrons. The number of ether oxygens (including phenoxy) is 2. The van der Waals surface area contributed by atoms with Crippen molar-refractivity contribution >= 4 is 34.4 Å². The number of aromatic nitrogens is 3. The van der Waals surface area contributed by atoms with Gasteiger partial charge in [0.05, 0.1) is 34.5 Å². The summed E-state index contributed by atoms with van der Waals surface area (Å²) in [6.07, 6.45) is 0.660. The third-order valence-corrected chi connectivity index (χ3v) is 6.21. The first-order valence-electron chi connectivity index (χ1n) is 11.0. The van der Waals surface area contributed by atoms with Crippen LogP contribution in [0.5, 0.6) is 0 Å². The summed E-state index contributed by atoms with van der Waals surface area (Å²) in [6, 6.07) is 7.18. The number of nitrogens with one attached hydrogen (secondary N) is 1. The second kappa shape index (κ2) is 11.3. The Morgan fingerprint density at radius 2 is 1.91 bits per heavy atom. The topological polar surface area (TPSA) is 103 Å². The monoisotopic (exact) mass is 471 g/mol. The second-order valence-corrected chi connectivity index (χ2v) is 8.42. The normalized spacial score (nSPS) is 11.2. The van der Waals surface area contributed by atoms with Gasteiger partial charge in [0.15, 0.2) is 10.9 Å². The van der Waals surface area contributed by atoms with E-state index < -0.39 is 5.97 Å². The molecule has 0 spiro atoms. The van der Waals surface area contributed by atoms with Gasteiger partial charge in [-0.05, 0) is 51.8 Å². The highest BCUT2D eigenvalue weighted by Crippen LogP contribution is 2.23. The summed E-state index contributed by atoms with van der Waals surface area (Å²) in [5.74, 6) is -0.562. The number of nitrogens with zero attached hydrogens (tertiary/aromatic N) is 2. The number of H-pyrrole nitrogens is 1. The third kappa shape index (κ3) is 5.54. The van der Waals surface area contributed by atoms with Crippen molar-refractivity contribution < 1.29 is 19.1 Å². The molecule has 0 amide bonds. The number of carbonyl (C=O) groups is 2. The zero-order chi connectivity index (χ0) is 24.0. The predicted octanol–water partition coefficient (Wildman–Crippen LogP) is 3.92. The van der Waals surface area contributed by atoms with Crippen LogP contribution in [0.4, 0.5) is 0 Å². The van der Waals surface area contributed by atoms with Crippen LogP contribution in [0.2, 0.25) is 0 Å². The molecule has 0 saturated heterocycles. The van der Waals surface area contributed by atoms with Crippen molar-refractivity contribution in [2.45, 2.75) is 45.8 Å². The molecule has 0 saturated carbocycles. The Morgan fingerprint density at radius 3 is 2.64 bits per heavy atom. The van der Waals surface area contributed by atoms with E-state index in [1.165, 1.54) is 11.8 Å². The van der Waals surface area contributed by atoms with Crippen LogP contribution in [-0.4, -0.2) is 51.9 Å². The van der Waals surface area contributed by atoms with Crippen LogP contribution < -0.4 is 5.56 Å². The SMILES string of the molecule is CCOCCCn1c(SCC(=O)c2[nH]c(C)c(C(=O)OCC)c2C)nc2ccccc2c1=O. The molecule has 3 rings (SSSR count). The number of rotatable bonds is 11. The van der Waals surface area contributed by atoms with Crippen molar-refractivity contribution in [2.24, 2.45) is 0 Å². The van der Waals surface area contributed by atoms with Crippen LogP contribution in [0.3, 0.4) is 0 Å². The van der Waals surface area contributed by atoms with E-state index in [1.807, 2.05) is 19.1 Å². The summed E-state index contributed by atoms with van der Waals surface area (Å²) in [5.41, 5.74) is 2.38. The van der Waals surface area contributed by atoms with E-state index in [-0.39, 0.29) is 23.7 Å². The van der Waals surface area contributed by atoms with E-state index in [2.05, 4.69) is 9.97 Å². The van der Waals surface area contributed by atoms with E-state index in [0.29, 0.717) is 64.8 Å². The predicted molar refractivity (Wildman–Crippen MR) is 128 cm³/mol. The van der Waals surface area contributed by atoms with Crippen LogP contribution in [0.25, 0.3) is 10.9 Å². The maximum Gasteiger partial charge on any atom is 0.340 e.